The molecular formula is C13H21N5O. The summed E-state index contributed by atoms with van der Waals surface area (Å²) in [7, 11) is 1.77. The zero-order chi connectivity index (χ0) is 13.7. The van der Waals surface area contributed by atoms with E-state index in [1.165, 1.54) is 6.42 Å². The summed E-state index contributed by atoms with van der Waals surface area (Å²) in [5, 5.41) is 13.6. The number of likely N-dealkylation sites (N-methyl/N-ethyl adjacent to an activating group) is 1. The second-order valence-electron chi connectivity index (χ2n) is 4.69. The van der Waals surface area contributed by atoms with Crippen molar-refractivity contribution >= 4 is 11.7 Å². The molecule has 0 radical (unpaired) electrons. The number of nitrogens with zero attached hydrogens (tertiary/aromatic N) is 3. The van der Waals surface area contributed by atoms with Crippen LogP contribution in [0.15, 0.2) is 12.1 Å². The molecule has 1 atom stereocenters. The van der Waals surface area contributed by atoms with Gasteiger partial charge in [-0.2, -0.15) is 0 Å². The number of carbonyl (C=O) groups is 1. The second kappa shape index (κ2) is 6.47. The van der Waals surface area contributed by atoms with Gasteiger partial charge in [-0.3, -0.25) is 9.69 Å². The maximum absolute atomic E-state index is 11.9. The van der Waals surface area contributed by atoms with Crippen LogP contribution in [0.1, 0.15) is 30.3 Å². The number of aromatic nitrogens is 2. The van der Waals surface area contributed by atoms with Crippen molar-refractivity contribution < 1.29 is 4.79 Å². The summed E-state index contributed by atoms with van der Waals surface area (Å²) < 4.78 is 0. The predicted molar refractivity (Wildman–Crippen MR) is 74.2 cm³/mol. The summed E-state index contributed by atoms with van der Waals surface area (Å²) in [4.78, 5) is 14.3. The van der Waals surface area contributed by atoms with Crippen LogP contribution in [0.25, 0.3) is 0 Å². The summed E-state index contributed by atoms with van der Waals surface area (Å²) in [6.45, 7) is 5.01. The van der Waals surface area contributed by atoms with E-state index in [9.17, 15) is 4.79 Å². The molecule has 1 aliphatic rings. The SMILES string of the molecule is CCN1CCCC1CNC(=O)c1ccc(NC)nn1. The molecule has 0 aromatic carbocycles. The number of anilines is 1. The van der Waals surface area contributed by atoms with Gasteiger partial charge in [0.25, 0.3) is 5.91 Å². The normalized spacial score (nSPS) is 19.4. The highest BCUT2D eigenvalue weighted by Gasteiger charge is 2.23. The van der Waals surface area contributed by atoms with Gasteiger partial charge in [0.2, 0.25) is 0 Å². The molecule has 6 nitrogen and oxygen atoms in total. The first kappa shape index (κ1) is 13.7. The van der Waals surface area contributed by atoms with Crippen LogP contribution in [-0.4, -0.2) is 53.7 Å². The Morgan fingerprint density at radius 3 is 2.95 bits per heavy atom. The summed E-state index contributed by atoms with van der Waals surface area (Å²) in [5.41, 5.74) is 0.361. The molecule has 2 heterocycles. The number of likely N-dealkylation sites (tertiary alicyclic amines) is 1. The van der Waals surface area contributed by atoms with E-state index in [1.807, 2.05) is 0 Å². The Kier molecular flexibility index (Phi) is 4.68. The third-order valence-corrected chi connectivity index (χ3v) is 3.56. The lowest BCUT2D eigenvalue weighted by Crippen LogP contribution is -2.40. The van der Waals surface area contributed by atoms with Gasteiger partial charge in [0.1, 0.15) is 5.82 Å². The fraction of sp³-hybridized carbons (Fsp3) is 0.615. The number of hydrogen-bond acceptors (Lipinski definition) is 5. The maximum Gasteiger partial charge on any atom is 0.271 e. The van der Waals surface area contributed by atoms with Gasteiger partial charge >= 0.3 is 0 Å². The van der Waals surface area contributed by atoms with Crippen molar-refractivity contribution in [3.63, 3.8) is 0 Å². The van der Waals surface area contributed by atoms with E-state index in [-0.39, 0.29) is 5.91 Å². The number of hydrogen-bond donors (Lipinski definition) is 2. The van der Waals surface area contributed by atoms with E-state index in [1.54, 1.807) is 19.2 Å². The van der Waals surface area contributed by atoms with Gasteiger partial charge in [-0.05, 0) is 38.1 Å². The number of amides is 1. The summed E-state index contributed by atoms with van der Waals surface area (Å²) in [6.07, 6.45) is 2.36. The van der Waals surface area contributed by atoms with Crippen molar-refractivity contribution in [1.29, 1.82) is 0 Å². The summed E-state index contributed by atoms with van der Waals surface area (Å²) >= 11 is 0. The average Bonchev–Trinajstić information content (AvgIpc) is 2.92. The highest BCUT2D eigenvalue weighted by Crippen LogP contribution is 2.15. The van der Waals surface area contributed by atoms with E-state index in [0.717, 1.165) is 19.5 Å². The van der Waals surface area contributed by atoms with E-state index in [0.29, 0.717) is 24.1 Å². The minimum atomic E-state index is -0.155. The Bertz CT molecular complexity index is 420. The molecule has 6 heteroatoms. The predicted octanol–water partition coefficient (Wildman–Crippen LogP) is 0.732. The number of carbonyl (C=O) groups excluding carboxylic acids is 1. The van der Waals surface area contributed by atoms with Crippen LogP contribution < -0.4 is 10.6 Å². The second-order valence-corrected chi connectivity index (χ2v) is 4.69. The van der Waals surface area contributed by atoms with Crippen molar-refractivity contribution in [3.05, 3.63) is 17.8 Å². The first-order valence-corrected chi connectivity index (χ1v) is 6.78. The van der Waals surface area contributed by atoms with Crippen LogP contribution in [0.2, 0.25) is 0 Å². The molecule has 0 saturated carbocycles. The topological polar surface area (TPSA) is 70.2 Å². The molecule has 2 rings (SSSR count). The van der Waals surface area contributed by atoms with Crippen LogP contribution in [0.4, 0.5) is 5.82 Å². The minimum absolute atomic E-state index is 0.155. The van der Waals surface area contributed by atoms with E-state index in [4.69, 9.17) is 0 Å². The molecule has 1 amide bonds. The van der Waals surface area contributed by atoms with Crippen molar-refractivity contribution in [2.75, 3.05) is 32.0 Å². The molecule has 1 aliphatic heterocycles. The molecule has 1 unspecified atom stereocenters. The van der Waals surface area contributed by atoms with Crippen molar-refractivity contribution in [2.45, 2.75) is 25.8 Å². The lowest BCUT2D eigenvalue weighted by atomic mass is 10.2. The van der Waals surface area contributed by atoms with Crippen molar-refractivity contribution in [3.8, 4) is 0 Å². The molecule has 19 heavy (non-hydrogen) atoms. The minimum Gasteiger partial charge on any atom is -0.372 e. The van der Waals surface area contributed by atoms with Gasteiger partial charge in [-0.15, -0.1) is 10.2 Å². The maximum atomic E-state index is 11.9. The molecule has 0 aliphatic carbocycles. The van der Waals surface area contributed by atoms with Crippen LogP contribution in [0.5, 0.6) is 0 Å². The number of nitrogens with one attached hydrogen (secondary N) is 2. The Morgan fingerprint density at radius 2 is 2.32 bits per heavy atom. The lowest BCUT2D eigenvalue weighted by molar-refractivity contribution is 0.0935. The molecule has 104 valence electrons. The van der Waals surface area contributed by atoms with E-state index >= 15 is 0 Å². The smallest absolute Gasteiger partial charge is 0.271 e. The molecule has 1 saturated heterocycles. The Balaban J connectivity index is 1.86. The highest BCUT2D eigenvalue weighted by molar-refractivity contribution is 5.92. The standard InChI is InChI=1S/C13H21N5O/c1-3-18-8-4-5-10(18)9-15-13(19)11-6-7-12(14-2)17-16-11/h6-7,10H,3-5,8-9H2,1-2H3,(H,14,17)(H,15,19). The van der Waals surface area contributed by atoms with Gasteiger partial charge in [0.05, 0.1) is 0 Å². The largest absolute Gasteiger partial charge is 0.372 e. The van der Waals surface area contributed by atoms with E-state index in [2.05, 4.69) is 32.7 Å². The zero-order valence-electron chi connectivity index (χ0n) is 11.5. The van der Waals surface area contributed by atoms with Gasteiger partial charge in [-0.25, -0.2) is 0 Å². The fourth-order valence-electron chi connectivity index (χ4n) is 2.43. The van der Waals surface area contributed by atoms with Crippen LogP contribution in [-0.2, 0) is 0 Å². The lowest BCUT2D eigenvalue weighted by Gasteiger charge is -2.22. The molecule has 1 fully saturated rings. The van der Waals surface area contributed by atoms with Crippen molar-refractivity contribution in [1.82, 2.24) is 20.4 Å². The molecule has 0 spiro atoms. The van der Waals surface area contributed by atoms with E-state index < -0.39 is 0 Å². The molecular weight excluding hydrogens is 242 g/mol. The monoisotopic (exact) mass is 263 g/mol. The van der Waals surface area contributed by atoms with Crippen LogP contribution in [0.3, 0.4) is 0 Å². The first-order valence-electron chi connectivity index (χ1n) is 6.78. The van der Waals surface area contributed by atoms with Gasteiger partial charge in [-0.1, -0.05) is 6.92 Å². The molecule has 2 N–H and O–H groups in total. The fourth-order valence-corrected chi connectivity index (χ4v) is 2.43. The molecule has 1 aromatic heterocycles. The summed E-state index contributed by atoms with van der Waals surface area (Å²) in [5.74, 6) is 0.502. The molecule has 1 aromatic rings. The Morgan fingerprint density at radius 1 is 1.47 bits per heavy atom. The van der Waals surface area contributed by atoms with Gasteiger partial charge in [0.15, 0.2) is 5.69 Å². The Labute approximate surface area is 113 Å². The highest BCUT2D eigenvalue weighted by atomic mass is 16.1. The average molecular weight is 263 g/mol. The van der Waals surface area contributed by atoms with Crippen LogP contribution >= 0.6 is 0 Å². The third-order valence-electron chi connectivity index (χ3n) is 3.56. The quantitative estimate of drug-likeness (QED) is 0.819. The Hall–Kier alpha value is -1.69. The summed E-state index contributed by atoms with van der Waals surface area (Å²) in [6, 6.07) is 3.88. The zero-order valence-corrected chi connectivity index (χ0v) is 11.5. The van der Waals surface area contributed by atoms with Crippen LogP contribution in [0, 0.1) is 0 Å². The number of rotatable bonds is 5. The van der Waals surface area contributed by atoms with Gasteiger partial charge < -0.3 is 10.6 Å². The molecule has 0 bridgehead atoms. The first-order chi connectivity index (χ1) is 9.24. The van der Waals surface area contributed by atoms with Crippen molar-refractivity contribution in [2.24, 2.45) is 0 Å². The third kappa shape index (κ3) is 3.41. The van der Waals surface area contributed by atoms with Gasteiger partial charge in [0, 0.05) is 19.6 Å².